The molecule has 0 unspecified atom stereocenters. The summed E-state index contributed by atoms with van der Waals surface area (Å²) in [5.74, 6) is -1.20. The van der Waals surface area contributed by atoms with E-state index in [4.69, 9.17) is 4.52 Å². The third-order valence-corrected chi connectivity index (χ3v) is 11.3. The second kappa shape index (κ2) is 20.5. The van der Waals surface area contributed by atoms with Crippen molar-refractivity contribution in [1.29, 1.82) is 0 Å². The van der Waals surface area contributed by atoms with E-state index in [-0.39, 0.29) is 31.8 Å². The second-order valence-corrected chi connectivity index (χ2v) is 19.1. The van der Waals surface area contributed by atoms with Crippen molar-refractivity contribution in [3.63, 3.8) is 0 Å². The Bertz CT molecular complexity index is 2160. The lowest BCUT2D eigenvalue weighted by Crippen LogP contribution is -2.59. The molecule has 16 heteroatoms. The van der Waals surface area contributed by atoms with Gasteiger partial charge in [0.2, 0.25) is 11.8 Å². The fourth-order valence-electron chi connectivity index (χ4n) is 7.84. The van der Waals surface area contributed by atoms with E-state index in [9.17, 15) is 38.6 Å². The lowest BCUT2D eigenvalue weighted by molar-refractivity contribution is -0.130. The molecule has 1 aliphatic heterocycles. The Balaban J connectivity index is 1.51. The van der Waals surface area contributed by atoms with E-state index >= 15 is 0 Å². The number of carbonyl (C=O) groups is 4. The minimum Gasteiger partial charge on any atom is -0.465 e. The van der Waals surface area contributed by atoms with Gasteiger partial charge in [0.1, 0.15) is 12.1 Å². The van der Waals surface area contributed by atoms with Gasteiger partial charge >= 0.3 is 19.9 Å². The van der Waals surface area contributed by atoms with Crippen molar-refractivity contribution in [3.05, 3.63) is 126 Å². The van der Waals surface area contributed by atoms with Crippen LogP contribution in [0.25, 0.3) is 11.3 Å². The van der Waals surface area contributed by atoms with Crippen molar-refractivity contribution in [2.45, 2.75) is 97.6 Å². The Morgan fingerprint density at radius 3 is 1.89 bits per heavy atom. The molecule has 15 nitrogen and oxygen atoms in total. The third kappa shape index (κ3) is 13.7. The maximum Gasteiger partial charge on any atom is 0.469 e. The highest BCUT2D eigenvalue weighted by Gasteiger charge is 2.45. The van der Waals surface area contributed by atoms with Crippen LogP contribution in [0.1, 0.15) is 64.7 Å². The van der Waals surface area contributed by atoms with Gasteiger partial charge < -0.3 is 40.6 Å². The number of phosphoric acid groups is 1. The normalized spacial score (nSPS) is 15.9. The number of nitrogens with zero attached hydrogens (tertiary/aromatic N) is 3. The van der Waals surface area contributed by atoms with Crippen molar-refractivity contribution in [2.75, 3.05) is 13.1 Å². The molecular formula is C46H59N6O9P. The number of urea groups is 1. The van der Waals surface area contributed by atoms with Crippen molar-refractivity contribution < 1.29 is 43.2 Å². The summed E-state index contributed by atoms with van der Waals surface area (Å²) in [4.78, 5) is 83.1. The van der Waals surface area contributed by atoms with Gasteiger partial charge in [0.25, 0.3) is 0 Å². The van der Waals surface area contributed by atoms with Gasteiger partial charge in [0.05, 0.1) is 17.8 Å². The number of aromatic nitrogens is 1. The molecule has 5 atom stereocenters. The summed E-state index contributed by atoms with van der Waals surface area (Å²) >= 11 is 0. The van der Waals surface area contributed by atoms with Crippen LogP contribution in [0.5, 0.6) is 0 Å². The van der Waals surface area contributed by atoms with E-state index in [1.54, 1.807) is 44.0 Å². The van der Waals surface area contributed by atoms with E-state index in [0.29, 0.717) is 13.1 Å². The van der Waals surface area contributed by atoms with E-state index < -0.39 is 66.8 Å². The zero-order valence-corrected chi connectivity index (χ0v) is 37.0. The van der Waals surface area contributed by atoms with Crippen LogP contribution in [0, 0.1) is 10.8 Å². The molecule has 3 aromatic carbocycles. The Morgan fingerprint density at radius 1 is 0.742 bits per heavy atom. The average molecular weight is 871 g/mol. The first-order valence-electron chi connectivity index (χ1n) is 20.7. The van der Waals surface area contributed by atoms with Gasteiger partial charge in [0, 0.05) is 37.4 Å². The Hall–Kier alpha value is -5.60. The average Bonchev–Trinajstić information content (AvgIpc) is 3.54. The molecular weight excluding hydrogens is 812 g/mol. The molecule has 1 fully saturated rings. The Kier molecular flexibility index (Phi) is 15.7. The predicted octanol–water partition coefficient (Wildman–Crippen LogP) is 6.41. The van der Waals surface area contributed by atoms with E-state index in [2.05, 4.69) is 20.9 Å². The van der Waals surface area contributed by atoms with Crippen LogP contribution in [-0.4, -0.2) is 97.0 Å². The molecule has 332 valence electrons. The summed E-state index contributed by atoms with van der Waals surface area (Å²) in [7, 11) is -5.26. The molecule has 1 saturated heterocycles. The van der Waals surface area contributed by atoms with Gasteiger partial charge in [-0.25, -0.2) is 14.2 Å². The number of carboxylic acid groups (broad SMARTS) is 1. The molecule has 4 aromatic rings. The summed E-state index contributed by atoms with van der Waals surface area (Å²) < 4.78 is 18.4. The van der Waals surface area contributed by atoms with Crippen molar-refractivity contribution in [2.24, 2.45) is 10.8 Å². The van der Waals surface area contributed by atoms with Crippen molar-refractivity contribution >= 4 is 31.8 Å². The van der Waals surface area contributed by atoms with Gasteiger partial charge in [-0.15, -0.1) is 0 Å². The number of hydrogen-bond donors (Lipinski definition) is 6. The van der Waals surface area contributed by atoms with Crippen LogP contribution < -0.4 is 16.0 Å². The Morgan fingerprint density at radius 2 is 1.34 bits per heavy atom. The second-order valence-electron chi connectivity index (χ2n) is 17.9. The topological polar surface area (TPSA) is 211 Å². The van der Waals surface area contributed by atoms with Gasteiger partial charge in [-0.3, -0.25) is 19.1 Å². The number of nitrogens with one attached hydrogen (secondary N) is 3. The number of rotatable bonds is 18. The largest absolute Gasteiger partial charge is 0.469 e. The highest BCUT2D eigenvalue weighted by atomic mass is 31.2. The van der Waals surface area contributed by atoms with Gasteiger partial charge in [-0.1, -0.05) is 133 Å². The van der Waals surface area contributed by atoms with E-state index in [0.717, 1.165) is 27.9 Å². The summed E-state index contributed by atoms with van der Waals surface area (Å²) in [6.45, 7) is 11.7. The number of benzene rings is 3. The fraction of sp³-hybridized carbons (Fsp3) is 0.413. The summed E-state index contributed by atoms with van der Waals surface area (Å²) in [6, 6.07) is 27.1. The van der Waals surface area contributed by atoms with E-state index in [1.807, 2.05) is 112 Å². The summed E-state index contributed by atoms with van der Waals surface area (Å²) in [5.41, 5.74) is 2.35. The summed E-state index contributed by atoms with van der Waals surface area (Å²) in [5, 5.41) is 18.0. The fourth-order valence-corrected chi connectivity index (χ4v) is 8.43. The number of carbonyl (C=O) groups excluding carboxylic acids is 3. The zero-order valence-electron chi connectivity index (χ0n) is 36.1. The van der Waals surface area contributed by atoms with Gasteiger partial charge in [-0.2, -0.15) is 0 Å². The molecule has 0 radical (unpaired) electrons. The van der Waals surface area contributed by atoms with Crippen LogP contribution >= 0.6 is 7.82 Å². The lowest BCUT2D eigenvalue weighted by atomic mass is 9.84. The minimum absolute atomic E-state index is 0.0623. The quantitative estimate of drug-likeness (QED) is 0.0606. The highest BCUT2D eigenvalue weighted by Crippen LogP contribution is 2.40. The minimum atomic E-state index is -5.26. The molecule has 5 rings (SSSR count). The molecule has 0 bridgehead atoms. The van der Waals surface area contributed by atoms with Gasteiger partial charge in [0.15, 0.2) is 0 Å². The number of pyridine rings is 1. The van der Waals surface area contributed by atoms with E-state index in [1.165, 1.54) is 4.90 Å². The van der Waals surface area contributed by atoms with Crippen molar-refractivity contribution in [3.8, 4) is 11.3 Å². The number of hydrogen-bond acceptors (Lipinski definition) is 7. The molecule has 5 amide bonds. The SMILES string of the molecule is CC(C)(C)[C@H](NC(=O)O)C(=O)N[C@@H](Cc1ccc(-c2ccccn2)cc1)C[C@H](OP(=O)(O)O)[C@H](Cc1ccccc1)NC(=O)[C@@H](N1CCN(Cc2ccccc2)C1=O)C(C)(C)C. The highest BCUT2D eigenvalue weighted by molar-refractivity contribution is 7.46. The third-order valence-electron chi connectivity index (χ3n) is 10.7. The molecule has 62 heavy (non-hydrogen) atoms. The molecule has 0 aliphatic carbocycles. The zero-order chi connectivity index (χ0) is 45.2. The van der Waals surface area contributed by atoms with Crippen molar-refractivity contribution in [1.82, 2.24) is 30.7 Å². The molecule has 1 aliphatic rings. The standard InChI is InChI=1S/C46H59N6O9P/c1-45(2,3)39(50-43(55)56)41(53)48-35(27-32-20-22-34(23-21-32)36-19-13-14-24-47-36)29-38(61-62(58,59)60)37(28-31-15-9-7-10-16-31)49-42(54)40(46(4,5)6)52-26-25-51(44(52)57)30-33-17-11-8-12-18-33/h7-24,35,37-40,50H,25-30H2,1-6H3,(H,48,53)(H,49,54)(H,55,56)(H2,58,59,60)/t35-,37-,38-,39+,40+/m0/s1. The maximum absolute atomic E-state index is 14.8. The van der Waals surface area contributed by atoms with Crippen LogP contribution in [-0.2, 0) is 38.1 Å². The monoisotopic (exact) mass is 870 g/mol. The van der Waals surface area contributed by atoms with Crippen LogP contribution in [0.15, 0.2) is 109 Å². The predicted molar refractivity (Wildman–Crippen MR) is 236 cm³/mol. The molecule has 2 heterocycles. The smallest absolute Gasteiger partial charge is 0.465 e. The van der Waals surface area contributed by atoms with Gasteiger partial charge in [-0.05, 0) is 58.9 Å². The molecule has 6 N–H and O–H groups in total. The molecule has 1 aromatic heterocycles. The first kappa shape index (κ1) is 47.4. The Labute approximate surface area is 363 Å². The van der Waals surface area contributed by atoms with Crippen LogP contribution in [0.4, 0.5) is 9.59 Å². The van der Waals surface area contributed by atoms with Crippen LogP contribution in [0.3, 0.4) is 0 Å². The lowest BCUT2D eigenvalue weighted by Gasteiger charge is -2.39. The maximum atomic E-state index is 14.8. The first-order chi connectivity index (χ1) is 29.2. The molecule has 0 spiro atoms. The molecule has 0 saturated carbocycles. The van der Waals surface area contributed by atoms with Crippen LogP contribution in [0.2, 0.25) is 0 Å². The first-order valence-corrected chi connectivity index (χ1v) is 22.2. The number of phosphoric ester groups is 1. The summed E-state index contributed by atoms with van der Waals surface area (Å²) in [6.07, 6.45) is -1.16. The number of amides is 5.